The van der Waals surface area contributed by atoms with Crippen LogP contribution in [0.25, 0.3) is 22.0 Å². The van der Waals surface area contributed by atoms with E-state index in [9.17, 15) is 14.4 Å². The standard InChI is InChI=1S/C28H27BrIN7O3/c1-14-5-8-24(29)33-27(14)34-28(40)23-9-15(2)26(30)36(23)25(39)11-21-20-7-6-18(19-12-31-16(3)32-13-19)10-22(20)37(35-21)17(4)38/h5-8,10,12-13,15,23,26H,9,11H2,1-4H3,(H,33,34,40)/t15-,23-,26-/m0/s1. The second-order valence-electron chi connectivity index (χ2n) is 10.00. The van der Waals surface area contributed by atoms with Gasteiger partial charge in [0, 0.05) is 30.3 Å². The summed E-state index contributed by atoms with van der Waals surface area (Å²) in [5.41, 5.74) is 3.55. The summed E-state index contributed by atoms with van der Waals surface area (Å²) in [5, 5.41) is 8.13. The van der Waals surface area contributed by atoms with Crippen LogP contribution in [0.4, 0.5) is 5.82 Å². The number of alkyl halides is 1. The van der Waals surface area contributed by atoms with Crippen LogP contribution in [0.15, 0.2) is 47.3 Å². The number of aryl methyl sites for hydroxylation is 2. The average molecular weight is 716 g/mol. The third-order valence-corrected chi connectivity index (χ3v) is 9.32. The summed E-state index contributed by atoms with van der Waals surface area (Å²) < 4.78 is 1.75. The van der Waals surface area contributed by atoms with E-state index in [2.05, 4.69) is 63.9 Å². The molecule has 3 aromatic heterocycles. The van der Waals surface area contributed by atoms with E-state index >= 15 is 0 Å². The smallest absolute Gasteiger partial charge is 0.248 e. The molecule has 1 aliphatic heterocycles. The van der Waals surface area contributed by atoms with Gasteiger partial charge in [0.2, 0.25) is 17.7 Å². The van der Waals surface area contributed by atoms with Gasteiger partial charge in [-0.25, -0.2) is 19.6 Å². The average Bonchev–Trinajstić information content (AvgIpc) is 3.43. The van der Waals surface area contributed by atoms with Crippen LogP contribution >= 0.6 is 38.5 Å². The minimum Gasteiger partial charge on any atom is -0.318 e. The van der Waals surface area contributed by atoms with Crippen LogP contribution in [-0.4, -0.2) is 57.4 Å². The van der Waals surface area contributed by atoms with Crippen molar-refractivity contribution in [3.8, 4) is 11.1 Å². The van der Waals surface area contributed by atoms with Crippen LogP contribution in [0.1, 0.15) is 42.1 Å². The minimum absolute atomic E-state index is 0.0477. The first-order valence-corrected chi connectivity index (χ1v) is 14.8. The molecular formula is C28H27BrIN7O3. The molecule has 1 N–H and O–H groups in total. The molecule has 0 saturated carbocycles. The Hall–Kier alpha value is -3.26. The van der Waals surface area contributed by atoms with E-state index in [1.165, 1.54) is 11.6 Å². The highest BCUT2D eigenvalue weighted by Gasteiger charge is 2.44. The first kappa shape index (κ1) is 28.3. The van der Waals surface area contributed by atoms with Crippen molar-refractivity contribution in [2.75, 3.05) is 5.32 Å². The predicted molar refractivity (Wildman–Crippen MR) is 163 cm³/mol. The van der Waals surface area contributed by atoms with Crippen molar-refractivity contribution < 1.29 is 14.4 Å². The van der Waals surface area contributed by atoms with Gasteiger partial charge in [0.15, 0.2) is 0 Å². The lowest BCUT2D eigenvalue weighted by atomic mass is 10.1. The van der Waals surface area contributed by atoms with Crippen LogP contribution in [0.3, 0.4) is 0 Å². The maximum atomic E-state index is 13.8. The molecule has 1 aromatic carbocycles. The number of halogens is 2. The molecule has 1 fully saturated rings. The molecule has 40 heavy (non-hydrogen) atoms. The number of amides is 2. The van der Waals surface area contributed by atoms with Crippen molar-refractivity contribution in [3.63, 3.8) is 0 Å². The van der Waals surface area contributed by atoms with E-state index < -0.39 is 6.04 Å². The van der Waals surface area contributed by atoms with E-state index in [1.54, 1.807) is 23.4 Å². The first-order valence-electron chi connectivity index (χ1n) is 12.7. The molecule has 4 heterocycles. The number of pyridine rings is 1. The van der Waals surface area contributed by atoms with Gasteiger partial charge in [-0.1, -0.05) is 47.7 Å². The zero-order chi connectivity index (χ0) is 28.7. The van der Waals surface area contributed by atoms with Gasteiger partial charge < -0.3 is 10.2 Å². The van der Waals surface area contributed by atoms with Crippen molar-refractivity contribution in [2.45, 2.75) is 50.6 Å². The molecule has 0 aliphatic carbocycles. The number of anilines is 1. The summed E-state index contributed by atoms with van der Waals surface area (Å²) in [6.07, 6.45) is 3.94. The molecule has 2 amide bonds. The highest BCUT2D eigenvalue weighted by molar-refractivity contribution is 14.1. The predicted octanol–water partition coefficient (Wildman–Crippen LogP) is 5.11. The minimum atomic E-state index is -0.654. The fourth-order valence-corrected chi connectivity index (χ4v) is 6.21. The largest absolute Gasteiger partial charge is 0.318 e. The Morgan fingerprint density at radius 3 is 2.52 bits per heavy atom. The Morgan fingerprint density at radius 1 is 1.10 bits per heavy atom. The zero-order valence-corrected chi connectivity index (χ0v) is 26.1. The van der Waals surface area contributed by atoms with E-state index in [0.29, 0.717) is 39.3 Å². The monoisotopic (exact) mass is 715 g/mol. The molecule has 1 saturated heterocycles. The fraction of sp³-hybridized carbons (Fsp3) is 0.321. The number of benzene rings is 1. The number of nitrogens with zero attached hydrogens (tertiary/aromatic N) is 6. The van der Waals surface area contributed by atoms with Gasteiger partial charge in [-0.05, 0) is 65.4 Å². The van der Waals surface area contributed by atoms with Crippen molar-refractivity contribution in [2.24, 2.45) is 5.92 Å². The van der Waals surface area contributed by atoms with E-state index in [0.717, 1.165) is 16.7 Å². The Labute approximate surface area is 253 Å². The fourth-order valence-electron chi connectivity index (χ4n) is 4.91. The summed E-state index contributed by atoms with van der Waals surface area (Å²) in [7, 11) is 0. The topological polar surface area (TPSA) is 123 Å². The summed E-state index contributed by atoms with van der Waals surface area (Å²) in [5.74, 6) is 0.460. The molecule has 3 atom stereocenters. The number of fused-ring (bicyclic) bond motifs is 1. The Kier molecular flexibility index (Phi) is 8.00. The highest BCUT2D eigenvalue weighted by atomic mass is 127. The van der Waals surface area contributed by atoms with Crippen LogP contribution in [-0.2, 0) is 16.0 Å². The second kappa shape index (κ2) is 11.3. The molecule has 0 spiro atoms. The summed E-state index contributed by atoms with van der Waals surface area (Å²) in [6.45, 7) is 7.14. The number of carbonyl (C=O) groups is 3. The van der Waals surface area contributed by atoms with Crippen molar-refractivity contribution in [1.82, 2.24) is 29.6 Å². The maximum absolute atomic E-state index is 13.8. The third-order valence-electron chi connectivity index (χ3n) is 7.05. The van der Waals surface area contributed by atoms with Gasteiger partial charge in [-0.3, -0.25) is 14.4 Å². The molecule has 10 nitrogen and oxygen atoms in total. The normalized spacial score (nSPS) is 18.8. The molecule has 206 valence electrons. The summed E-state index contributed by atoms with van der Waals surface area (Å²) in [4.78, 5) is 54.2. The van der Waals surface area contributed by atoms with Crippen LogP contribution in [0.5, 0.6) is 0 Å². The Balaban J connectivity index is 1.44. The van der Waals surface area contributed by atoms with Crippen LogP contribution < -0.4 is 5.32 Å². The summed E-state index contributed by atoms with van der Waals surface area (Å²) in [6, 6.07) is 8.63. The van der Waals surface area contributed by atoms with Gasteiger partial charge in [-0.15, -0.1) is 0 Å². The van der Waals surface area contributed by atoms with Crippen LogP contribution in [0.2, 0.25) is 0 Å². The van der Waals surface area contributed by atoms with Crippen LogP contribution in [0, 0.1) is 19.8 Å². The van der Waals surface area contributed by atoms with Crippen molar-refractivity contribution in [3.05, 3.63) is 64.4 Å². The van der Waals surface area contributed by atoms with Gasteiger partial charge in [0.05, 0.1) is 21.7 Å². The maximum Gasteiger partial charge on any atom is 0.248 e. The molecule has 4 aromatic rings. The SMILES string of the molecule is CC(=O)n1nc(CC(=O)N2[C@H](I)[C@@H](C)C[C@H]2C(=O)Nc2nc(Br)ccc2C)c2ccc(-c3cnc(C)nc3)cc21. The Bertz CT molecular complexity index is 1640. The Morgan fingerprint density at radius 2 is 1.82 bits per heavy atom. The van der Waals surface area contributed by atoms with E-state index in [4.69, 9.17) is 0 Å². The van der Waals surface area contributed by atoms with E-state index in [-0.39, 0.29) is 34.1 Å². The number of nitrogens with one attached hydrogen (secondary N) is 1. The van der Waals surface area contributed by atoms with Gasteiger partial charge in [0.25, 0.3) is 0 Å². The zero-order valence-electron chi connectivity index (χ0n) is 22.4. The van der Waals surface area contributed by atoms with Gasteiger partial charge in [0.1, 0.15) is 22.3 Å². The van der Waals surface area contributed by atoms with Gasteiger partial charge >= 0.3 is 0 Å². The lowest BCUT2D eigenvalue weighted by Crippen LogP contribution is -2.46. The molecule has 0 bridgehead atoms. The number of hydrogen-bond acceptors (Lipinski definition) is 7. The molecule has 0 radical (unpaired) electrons. The lowest BCUT2D eigenvalue weighted by molar-refractivity contribution is -0.136. The van der Waals surface area contributed by atoms with E-state index in [1.807, 2.05) is 45.0 Å². The number of carbonyl (C=O) groups excluding carboxylic acids is 3. The molecule has 1 aliphatic rings. The highest BCUT2D eigenvalue weighted by Crippen LogP contribution is 2.36. The summed E-state index contributed by atoms with van der Waals surface area (Å²) >= 11 is 5.57. The molecular weight excluding hydrogens is 689 g/mol. The lowest BCUT2D eigenvalue weighted by Gasteiger charge is -2.27. The molecule has 0 unspecified atom stereocenters. The first-order chi connectivity index (χ1) is 19.0. The van der Waals surface area contributed by atoms with Crippen molar-refractivity contribution in [1.29, 1.82) is 0 Å². The number of aromatic nitrogens is 5. The third kappa shape index (κ3) is 5.51. The molecule has 5 rings (SSSR count). The molecule has 12 heteroatoms. The number of hydrogen-bond donors (Lipinski definition) is 1. The van der Waals surface area contributed by atoms with Crippen molar-refractivity contribution >= 4 is 73.0 Å². The number of likely N-dealkylation sites (tertiary alicyclic amines) is 1. The number of rotatable bonds is 5. The quantitative estimate of drug-likeness (QED) is 0.132. The van der Waals surface area contributed by atoms with Gasteiger partial charge in [-0.2, -0.15) is 5.10 Å². The second-order valence-corrected chi connectivity index (χ2v) is 12.1.